The van der Waals surface area contributed by atoms with Crippen LogP contribution in [-0.2, 0) is 0 Å². The van der Waals surface area contributed by atoms with Gasteiger partial charge in [-0.25, -0.2) is 4.45 Å². The van der Waals surface area contributed by atoms with Crippen LogP contribution in [0.1, 0.15) is 0 Å². The summed E-state index contributed by atoms with van der Waals surface area (Å²) in [5, 5.41) is 24.7. The summed E-state index contributed by atoms with van der Waals surface area (Å²) in [5.41, 5.74) is 2.09. The van der Waals surface area contributed by atoms with Gasteiger partial charge in [-0.15, -0.1) is 0 Å². The number of nitro groups is 1. The van der Waals surface area contributed by atoms with Crippen molar-refractivity contribution >= 4 is 39.8 Å². The minimum absolute atomic E-state index is 0.0253. The average molecular weight is 450 g/mol. The van der Waals surface area contributed by atoms with Gasteiger partial charge in [-0.1, -0.05) is 0 Å². The second-order valence-corrected chi connectivity index (χ2v) is 6.70. The minimum atomic E-state index is -0.467. The molecule has 0 aliphatic carbocycles. The van der Waals surface area contributed by atoms with Gasteiger partial charge in [0.25, 0.3) is 0 Å². The first-order chi connectivity index (χ1) is 11.0. The van der Waals surface area contributed by atoms with Crippen LogP contribution < -0.4 is 9.64 Å². The summed E-state index contributed by atoms with van der Waals surface area (Å²) in [6, 6.07) is 4.93. The van der Waals surface area contributed by atoms with Crippen LogP contribution in [0.15, 0.2) is 24.4 Å². The molecule has 2 rings (SSSR count). The van der Waals surface area contributed by atoms with E-state index in [1.54, 1.807) is 16.7 Å². The lowest BCUT2D eigenvalue weighted by Gasteiger charge is -2.22. The summed E-state index contributed by atoms with van der Waals surface area (Å²) < 4.78 is 6.93. The Morgan fingerprint density at radius 1 is 1.57 bits per heavy atom. The molecule has 1 heterocycles. The van der Waals surface area contributed by atoms with Gasteiger partial charge in [0.15, 0.2) is 5.75 Å². The standard InChI is InChI=1S/C13H16IN4O4P/c1-16(5-6-19)11-8-13(22-2)12(18(20)21)7-9(11)10-3-4-15-17(10)23-14/h3-4,7-8,19,23H,5-6H2,1-2H3. The van der Waals surface area contributed by atoms with Crippen LogP contribution >= 0.6 is 28.4 Å². The number of aliphatic hydroxyl groups excluding tert-OH is 1. The molecular formula is C13H16IN4O4P. The predicted molar refractivity (Wildman–Crippen MR) is 99.0 cm³/mol. The van der Waals surface area contributed by atoms with E-state index in [9.17, 15) is 15.2 Å². The third-order valence-corrected chi connectivity index (χ3v) is 5.23. The van der Waals surface area contributed by atoms with E-state index in [-0.39, 0.29) is 18.0 Å². The maximum atomic E-state index is 11.3. The summed E-state index contributed by atoms with van der Waals surface area (Å²) >= 11 is 2.20. The zero-order chi connectivity index (χ0) is 17.0. The second-order valence-electron chi connectivity index (χ2n) is 4.66. The number of nitrogens with zero attached hydrogens (tertiary/aromatic N) is 4. The molecule has 2 aromatic rings. The molecule has 1 atom stereocenters. The van der Waals surface area contributed by atoms with Crippen LogP contribution in [0.4, 0.5) is 11.4 Å². The number of hydrogen-bond acceptors (Lipinski definition) is 6. The van der Waals surface area contributed by atoms with Crippen LogP contribution in [0.3, 0.4) is 0 Å². The topological polar surface area (TPSA) is 93.7 Å². The van der Waals surface area contributed by atoms with Gasteiger partial charge < -0.3 is 14.7 Å². The number of halogens is 1. The molecule has 0 aliphatic heterocycles. The Morgan fingerprint density at radius 3 is 2.87 bits per heavy atom. The highest BCUT2D eigenvalue weighted by Gasteiger charge is 2.23. The zero-order valence-corrected chi connectivity index (χ0v) is 15.7. The molecule has 1 unspecified atom stereocenters. The number of methoxy groups -OCH3 is 1. The van der Waals surface area contributed by atoms with Crippen LogP contribution in [0.2, 0.25) is 0 Å². The second kappa shape index (κ2) is 7.89. The van der Waals surface area contributed by atoms with Gasteiger partial charge in [-0.3, -0.25) is 10.1 Å². The molecular weight excluding hydrogens is 434 g/mol. The summed E-state index contributed by atoms with van der Waals surface area (Å²) in [6.07, 6.45) is 2.02. The Morgan fingerprint density at radius 2 is 2.30 bits per heavy atom. The van der Waals surface area contributed by atoms with Crippen LogP contribution in [-0.4, -0.2) is 46.9 Å². The lowest BCUT2D eigenvalue weighted by Crippen LogP contribution is -2.22. The molecule has 124 valence electrons. The zero-order valence-electron chi connectivity index (χ0n) is 12.6. The first-order valence-electron chi connectivity index (χ1n) is 6.63. The van der Waals surface area contributed by atoms with Crippen molar-refractivity contribution in [3.63, 3.8) is 0 Å². The van der Waals surface area contributed by atoms with Crippen molar-refractivity contribution in [1.82, 2.24) is 9.55 Å². The number of rotatable bonds is 7. The summed E-state index contributed by atoms with van der Waals surface area (Å²) in [7, 11) is 3.21. The number of aromatic nitrogens is 2. The van der Waals surface area contributed by atoms with Gasteiger partial charge in [0.05, 0.1) is 36.4 Å². The average Bonchev–Trinajstić information content (AvgIpc) is 3.02. The number of anilines is 1. The fraction of sp³-hybridized carbons (Fsp3) is 0.308. The molecule has 8 nitrogen and oxygen atoms in total. The fourth-order valence-corrected chi connectivity index (χ4v) is 3.78. The van der Waals surface area contributed by atoms with E-state index in [2.05, 4.69) is 27.1 Å². The largest absolute Gasteiger partial charge is 0.490 e. The van der Waals surface area contributed by atoms with E-state index in [4.69, 9.17) is 4.74 Å². The molecule has 1 aromatic carbocycles. The first-order valence-corrected chi connectivity index (χ1v) is 10.7. The fourth-order valence-electron chi connectivity index (χ4n) is 2.23. The molecule has 0 fully saturated rings. The molecule has 1 aromatic heterocycles. The molecule has 0 bridgehead atoms. The molecule has 1 N–H and O–H groups in total. The molecule has 23 heavy (non-hydrogen) atoms. The highest BCUT2D eigenvalue weighted by Crippen LogP contribution is 2.41. The first kappa shape index (κ1) is 17.9. The predicted octanol–water partition coefficient (Wildman–Crippen LogP) is 2.69. The van der Waals surface area contributed by atoms with Crippen molar-refractivity contribution in [2.24, 2.45) is 0 Å². The maximum Gasteiger partial charge on any atom is 0.311 e. The maximum absolute atomic E-state index is 11.3. The lowest BCUT2D eigenvalue weighted by atomic mass is 10.1. The molecule has 0 saturated carbocycles. The molecule has 0 spiro atoms. The van der Waals surface area contributed by atoms with E-state index >= 15 is 0 Å². The number of aliphatic hydroxyl groups is 1. The normalized spacial score (nSPS) is 11.1. The van der Waals surface area contributed by atoms with Crippen molar-refractivity contribution in [3.05, 3.63) is 34.5 Å². The van der Waals surface area contributed by atoms with Crippen molar-refractivity contribution in [1.29, 1.82) is 0 Å². The van der Waals surface area contributed by atoms with Crippen molar-refractivity contribution in [3.8, 4) is 17.0 Å². The Bertz CT molecular complexity index is 709. The molecule has 10 heteroatoms. The molecule has 0 aliphatic rings. The van der Waals surface area contributed by atoms with Crippen LogP contribution in [0.5, 0.6) is 5.75 Å². The van der Waals surface area contributed by atoms with Crippen LogP contribution in [0.25, 0.3) is 11.3 Å². The number of nitro benzene ring substituents is 1. The van der Waals surface area contributed by atoms with Gasteiger partial charge >= 0.3 is 5.69 Å². The van der Waals surface area contributed by atoms with Crippen molar-refractivity contribution in [2.75, 3.05) is 32.2 Å². The lowest BCUT2D eigenvalue weighted by molar-refractivity contribution is -0.385. The number of likely N-dealkylation sites (N-methyl/N-ethyl adjacent to an activating group) is 1. The molecule has 0 radical (unpaired) electrons. The Balaban J connectivity index is 2.70. The van der Waals surface area contributed by atoms with E-state index in [0.717, 1.165) is 11.4 Å². The molecule has 0 saturated heterocycles. The van der Waals surface area contributed by atoms with Crippen molar-refractivity contribution < 1.29 is 14.8 Å². The smallest absolute Gasteiger partial charge is 0.311 e. The monoisotopic (exact) mass is 450 g/mol. The van der Waals surface area contributed by atoms with Gasteiger partial charge in [-0.05, 0) is 28.1 Å². The Kier molecular flexibility index (Phi) is 6.14. The van der Waals surface area contributed by atoms with E-state index < -0.39 is 4.92 Å². The van der Waals surface area contributed by atoms with Gasteiger partial charge in [0.1, 0.15) is 0 Å². The third-order valence-electron chi connectivity index (χ3n) is 3.34. The SMILES string of the molecule is COc1cc(N(C)CCO)c(-c2ccnn2PI)cc1[N+](=O)[O-]. The molecule has 0 amide bonds. The van der Waals surface area contributed by atoms with E-state index in [1.807, 2.05) is 18.0 Å². The van der Waals surface area contributed by atoms with Crippen molar-refractivity contribution in [2.45, 2.75) is 0 Å². The highest BCUT2D eigenvalue weighted by atomic mass is 127. The van der Waals surface area contributed by atoms with Gasteiger partial charge in [-0.2, -0.15) is 5.10 Å². The van der Waals surface area contributed by atoms with Gasteiger partial charge in [0.2, 0.25) is 0 Å². The van der Waals surface area contributed by atoms with E-state index in [1.165, 1.54) is 13.2 Å². The quantitative estimate of drug-likeness (QED) is 0.302. The summed E-state index contributed by atoms with van der Waals surface area (Å²) in [4.78, 5) is 12.7. The summed E-state index contributed by atoms with van der Waals surface area (Å²) in [5.74, 6) is 0.182. The summed E-state index contributed by atoms with van der Waals surface area (Å²) in [6.45, 7) is 0.372. The highest BCUT2D eigenvalue weighted by molar-refractivity contribution is 14.2. The number of benzene rings is 1. The van der Waals surface area contributed by atoms with Crippen LogP contribution in [0, 0.1) is 10.1 Å². The number of hydrogen-bond donors (Lipinski definition) is 1. The number of ether oxygens (including phenoxy) is 1. The minimum Gasteiger partial charge on any atom is -0.490 e. The van der Waals surface area contributed by atoms with Gasteiger partial charge in [0, 0.05) is 37.5 Å². The Labute approximate surface area is 147 Å². The van der Waals surface area contributed by atoms with E-state index in [0.29, 0.717) is 18.5 Å². The Hall–Kier alpha value is -1.45. The third kappa shape index (κ3) is 3.73.